The number of nitrogens with one attached hydrogen (secondary N) is 1. The van der Waals surface area contributed by atoms with Gasteiger partial charge in [-0.25, -0.2) is 0 Å². The second-order valence-corrected chi connectivity index (χ2v) is 5.51. The summed E-state index contributed by atoms with van der Waals surface area (Å²) >= 11 is 5.83. The third kappa shape index (κ3) is 5.41. The van der Waals surface area contributed by atoms with Crippen LogP contribution in [-0.4, -0.2) is 12.5 Å². The molecule has 0 atom stereocenters. The van der Waals surface area contributed by atoms with Gasteiger partial charge in [0.15, 0.2) is 0 Å². The van der Waals surface area contributed by atoms with Gasteiger partial charge in [-0.05, 0) is 48.4 Å². The molecule has 0 bridgehead atoms. The number of unbranched alkanes of at least 4 members (excludes halogenated alkanes) is 1. The van der Waals surface area contributed by atoms with Crippen molar-refractivity contribution in [3.63, 3.8) is 0 Å². The number of hydrogen-bond donors (Lipinski definition) is 1. The van der Waals surface area contributed by atoms with Gasteiger partial charge in [0.2, 0.25) is 5.91 Å². The smallest absolute Gasteiger partial charge is 0.228 e. The minimum absolute atomic E-state index is 0.0537. The molecule has 0 aliphatic rings. The minimum Gasteiger partial charge on any atom is -0.494 e. The number of ether oxygens (including phenoxy) is 1. The number of anilines is 1. The summed E-state index contributed by atoms with van der Waals surface area (Å²) in [6.07, 6.45) is 2.48. The quantitative estimate of drug-likeness (QED) is 0.752. The molecule has 0 radical (unpaired) electrons. The van der Waals surface area contributed by atoms with Crippen molar-refractivity contribution < 1.29 is 9.53 Å². The fourth-order valence-corrected chi connectivity index (χ4v) is 2.09. The normalized spacial score (nSPS) is 10.3. The van der Waals surface area contributed by atoms with Crippen LogP contribution in [0, 0.1) is 0 Å². The van der Waals surface area contributed by atoms with Crippen LogP contribution in [0.2, 0.25) is 5.02 Å². The van der Waals surface area contributed by atoms with Crippen LogP contribution in [0.3, 0.4) is 0 Å². The highest BCUT2D eigenvalue weighted by molar-refractivity contribution is 6.30. The molecule has 0 saturated heterocycles. The molecule has 0 fully saturated rings. The molecule has 0 saturated carbocycles. The van der Waals surface area contributed by atoms with Gasteiger partial charge in [0.1, 0.15) is 5.75 Å². The molecule has 22 heavy (non-hydrogen) atoms. The van der Waals surface area contributed by atoms with E-state index in [0.29, 0.717) is 11.4 Å². The number of hydrogen-bond acceptors (Lipinski definition) is 2. The summed E-state index contributed by atoms with van der Waals surface area (Å²) in [4.78, 5) is 12.0. The summed E-state index contributed by atoms with van der Waals surface area (Å²) in [5.41, 5.74) is 1.70. The van der Waals surface area contributed by atoms with Crippen molar-refractivity contribution in [3.8, 4) is 5.75 Å². The first-order valence-electron chi connectivity index (χ1n) is 7.44. The molecule has 116 valence electrons. The SMILES string of the molecule is CCCCOc1ccc(NC(=O)Cc2ccc(Cl)cc2)cc1. The molecule has 0 unspecified atom stereocenters. The van der Waals surface area contributed by atoms with Crippen LogP contribution in [0.5, 0.6) is 5.75 Å². The molecule has 0 aliphatic carbocycles. The lowest BCUT2D eigenvalue weighted by Gasteiger charge is -2.08. The maximum absolute atomic E-state index is 12.0. The Bertz CT molecular complexity index is 593. The van der Waals surface area contributed by atoms with E-state index in [-0.39, 0.29) is 5.91 Å². The molecule has 2 aromatic carbocycles. The second-order valence-electron chi connectivity index (χ2n) is 5.08. The van der Waals surface area contributed by atoms with E-state index < -0.39 is 0 Å². The summed E-state index contributed by atoms with van der Waals surface area (Å²) in [5.74, 6) is 0.770. The maximum atomic E-state index is 12.0. The van der Waals surface area contributed by atoms with E-state index in [9.17, 15) is 4.79 Å². The fourth-order valence-electron chi connectivity index (χ4n) is 1.96. The monoisotopic (exact) mass is 317 g/mol. The molecule has 1 amide bonds. The van der Waals surface area contributed by atoms with Gasteiger partial charge >= 0.3 is 0 Å². The molecule has 3 nitrogen and oxygen atoms in total. The van der Waals surface area contributed by atoms with Gasteiger partial charge in [0.25, 0.3) is 0 Å². The van der Waals surface area contributed by atoms with E-state index in [4.69, 9.17) is 16.3 Å². The van der Waals surface area contributed by atoms with Crippen LogP contribution in [-0.2, 0) is 11.2 Å². The minimum atomic E-state index is -0.0537. The van der Waals surface area contributed by atoms with Crippen molar-refractivity contribution in [2.45, 2.75) is 26.2 Å². The molecular formula is C18H20ClNO2. The maximum Gasteiger partial charge on any atom is 0.228 e. The van der Waals surface area contributed by atoms with E-state index in [1.165, 1.54) is 0 Å². The van der Waals surface area contributed by atoms with Crippen molar-refractivity contribution in [2.75, 3.05) is 11.9 Å². The number of halogens is 1. The van der Waals surface area contributed by atoms with Gasteiger partial charge < -0.3 is 10.1 Å². The van der Waals surface area contributed by atoms with Crippen LogP contribution in [0.25, 0.3) is 0 Å². The van der Waals surface area contributed by atoms with Crippen molar-refractivity contribution in [3.05, 3.63) is 59.1 Å². The van der Waals surface area contributed by atoms with Crippen LogP contribution in [0.4, 0.5) is 5.69 Å². The average Bonchev–Trinajstić information content (AvgIpc) is 2.51. The third-order valence-electron chi connectivity index (χ3n) is 3.18. The number of rotatable bonds is 7. The van der Waals surface area contributed by atoms with Crippen LogP contribution in [0.15, 0.2) is 48.5 Å². The van der Waals surface area contributed by atoms with Crippen molar-refractivity contribution in [2.24, 2.45) is 0 Å². The second kappa shape index (κ2) is 8.44. The highest BCUT2D eigenvalue weighted by Crippen LogP contribution is 2.17. The van der Waals surface area contributed by atoms with Crippen LogP contribution >= 0.6 is 11.6 Å². The standard InChI is InChI=1S/C18H20ClNO2/c1-2-3-12-22-17-10-8-16(9-11-17)20-18(21)13-14-4-6-15(19)7-5-14/h4-11H,2-3,12-13H2,1H3,(H,20,21). The average molecular weight is 318 g/mol. The van der Waals surface area contributed by atoms with Crippen molar-refractivity contribution in [1.29, 1.82) is 0 Å². The fraction of sp³-hybridized carbons (Fsp3) is 0.278. The Morgan fingerprint density at radius 1 is 1.09 bits per heavy atom. The number of benzene rings is 2. The van der Waals surface area contributed by atoms with Gasteiger partial charge in [0, 0.05) is 10.7 Å². The molecule has 2 rings (SSSR count). The van der Waals surface area contributed by atoms with Crippen LogP contribution < -0.4 is 10.1 Å². The summed E-state index contributed by atoms with van der Waals surface area (Å²) in [6.45, 7) is 2.85. The highest BCUT2D eigenvalue weighted by atomic mass is 35.5. The number of carbonyl (C=O) groups is 1. The van der Waals surface area contributed by atoms with Gasteiger partial charge in [-0.2, -0.15) is 0 Å². The topological polar surface area (TPSA) is 38.3 Å². The van der Waals surface area contributed by atoms with Gasteiger partial charge in [-0.3, -0.25) is 4.79 Å². The zero-order valence-corrected chi connectivity index (χ0v) is 13.4. The highest BCUT2D eigenvalue weighted by Gasteiger charge is 2.04. The third-order valence-corrected chi connectivity index (χ3v) is 3.43. The number of amides is 1. The van der Waals surface area contributed by atoms with E-state index in [1.807, 2.05) is 36.4 Å². The predicted molar refractivity (Wildman–Crippen MR) is 90.6 cm³/mol. The zero-order valence-electron chi connectivity index (χ0n) is 12.6. The first-order chi connectivity index (χ1) is 10.7. The van der Waals surface area contributed by atoms with E-state index in [2.05, 4.69) is 12.2 Å². The lowest BCUT2D eigenvalue weighted by atomic mass is 10.1. The Hall–Kier alpha value is -2.00. The van der Waals surface area contributed by atoms with Crippen LogP contribution in [0.1, 0.15) is 25.3 Å². The molecule has 0 aliphatic heterocycles. The van der Waals surface area contributed by atoms with E-state index in [0.717, 1.165) is 36.4 Å². The molecule has 4 heteroatoms. The predicted octanol–water partition coefficient (Wildman–Crippen LogP) is 4.70. The Labute approximate surface area is 136 Å². The van der Waals surface area contributed by atoms with Gasteiger partial charge in [-0.15, -0.1) is 0 Å². The van der Waals surface area contributed by atoms with Gasteiger partial charge in [-0.1, -0.05) is 37.1 Å². The molecule has 0 heterocycles. The molecule has 1 N–H and O–H groups in total. The molecule has 2 aromatic rings. The molecule has 0 aromatic heterocycles. The van der Waals surface area contributed by atoms with E-state index in [1.54, 1.807) is 12.1 Å². The van der Waals surface area contributed by atoms with Gasteiger partial charge in [0.05, 0.1) is 13.0 Å². The first-order valence-corrected chi connectivity index (χ1v) is 7.82. The Kier molecular flexibility index (Phi) is 6.28. The zero-order chi connectivity index (χ0) is 15.8. The summed E-state index contributed by atoms with van der Waals surface area (Å²) < 4.78 is 5.59. The van der Waals surface area contributed by atoms with Crippen molar-refractivity contribution in [1.82, 2.24) is 0 Å². The Morgan fingerprint density at radius 3 is 2.41 bits per heavy atom. The lowest BCUT2D eigenvalue weighted by molar-refractivity contribution is -0.115. The van der Waals surface area contributed by atoms with Crippen molar-refractivity contribution >= 4 is 23.2 Å². The molecular weight excluding hydrogens is 298 g/mol. The van der Waals surface area contributed by atoms with E-state index >= 15 is 0 Å². The Balaban J connectivity index is 1.84. The Morgan fingerprint density at radius 2 is 1.77 bits per heavy atom. The summed E-state index contributed by atoms with van der Waals surface area (Å²) in [6, 6.07) is 14.7. The summed E-state index contributed by atoms with van der Waals surface area (Å²) in [5, 5.41) is 3.54. The first kappa shape index (κ1) is 16.4. The largest absolute Gasteiger partial charge is 0.494 e. The summed E-state index contributed by atoms with van der Waals surface area (Å²) in [7, 11) is 0. The number of carbonyl (C=O) groups excluding carboxylic acids is 1. The molecule has 0 spiro atoms. The lowest BCUT2D eigenvalue weighted by Crippen LogP contribution is -2.14.